The van der Waals surface area contributed by atoms with Gasteiger partial charge in [-0.05, 0) is 49.7 Å². The fraction of sp³-hybridized carbons (Fsp3) is 0.643. The van der Waals surface area contributed by atoms with E-state index in [4.69, 9.17) is 16.0 Å². The summed E-state index contributed by atoms with van der Waals surface area (Å²) >= 11 is 5.96. The van der Waals surface area contributed by atoms with Crippen LogP contribution in [0.2, 0.25) is 23.3 Å². The fourth-order valence-electron chi connectivity index (χ4n) is 1.63. The van der Waals surface area contributed by atoms with Crippen molar-refractivity contribution < 1.29 is 4.43 Å². The molecule has 4 heteroatoms. The molecule has 1 rings (SSSR count). The fourth-order valence-corrected chi connectivity index (χ4v) is 3.50. The molecule has 0 aromatic carbocycles. The molecular weight excluding hydrogens is 262 g/mol. The lowest BCUT2D eigenvalue weighted by Crippen LogP contribution is -2.46. The topological polar surface area (TPSA) is 22.1 Å². The van der Waals surface area contributed by atoms with Crippen LogP contribution in [0, 0.1) is 0 Å². The van der Waals surface area contributed by atoms with Crippen molar-refractivity contribution in [2.45, 2.75) is 58.4 Å². The first kappa shape index (κ1) is 15.7. The molecule has 1 aromatic rings. The van der Waals surface area contributed by atoms with Crippen LogP contribution in [0.1, 0.15) is 40.2 Å². The molecule has 0 fully saturated rings. The maximum absolute atomic E-state index is 6.48. The standard InChI is InChI=1S/C14H24ClNOSi/c1-13(2,3)18(6,7)17-14(4,5)11-8-9-16-12(15)10-11/h8-10H,1-7H3. The SMILES string of the molecule is CC(C)(O[Si](C)(C)C(C)(C)C)c1ccnc(Cl)c1. The van der Waals surface area contributed by atoms with E-state index in [1.807, 2.05) is 12.1 Å². The van der Waals surface area contributed by atoms with Crippen LogP contribution in [0.25, 0.3) is 0 Å². The Bertz CT molecular complexity index is 424. The average molecular weight is 286 g/mol. The Morgan fingerprint density at radius 2 is 1.72 bits per heavy atom. The summed E-state index contributed by atoms with van der Waals surface area (Å²) in [6.07, 6.45) is 1.73. The predicted molar refractivity (Wildman–Crippen MR) is 80.6 cm³/mol. The third-order valence-corrected chi connectivity index (χ3v) is 8.58. The molecule has 0 aliphatic heterocycles. The van der Waals surface area contributed by atoms with Gasteiger partial charge in [-0.25, -0.2) is 4.98 Å². The average Bonchev–Trinajstić information content (AvgIpc) is 2.14. The summed E-state index contributed by atoms with van der Waals surface area (Å²) in [5.74, 6) is 0. The zero-order chi connectivity index (χ0) is 14.2. The Kier molecular flexibility index (Phi) is 4.31. The molecule has 0 aliphatic rings. The summed E-state index contributed by atoms with van der Waals surface area (Å²) in [5, 5.41) is 0.709. The van der Waals surface area contributed by atoms with Crippen LogP contribution in [0.4, 0.5) is 0 Å². The molecule has 0 unspecified atom stereocenters. The highest BCUT2D eigenvalue weighted by Gasteiger charge is 2.41. The van der Waals surface area contributed by atoms with E-state index in [2.05, 4.69) is 52.7 Å². The highest BCUT2D eigenvalue weighted by molar-refractivity contribution is 6.74. The molecule has 0 saturated heterocycles. The molecule has 102 valence electrons. The summed E-state index contributed by atoms with van der Waals surface area (Å²) in [6.45, 7) is 15.5. The van der Waals surface area contributed by atoms with E-state index in [1.54, 1.807) is 6.20 Å². The third kappa shape index (κ3) is 3.56. The summed E-state index contributed by atoms with van der Waals surface area (Å²) in [6, 6.07) is 3.85. The van der Waals surface area contributed by atoms with E-state index in [1.165, 1.54) is 0 Å². The molecule has 18 heavy (non-hydrogen) atoms. The summed E-state index contributed by atoms with van der Waals surface area (Å²) in [5.41, 5.74) is 0.739. The Morgan fingerprint density at radius 3 is 2.17 bits per heavy atom. The molecule has 1 heterocycles. The number of nitrogens with zero attached hydrogens (tertiary/aromatic N) is 1. The molecular formula is C14H24ClNOSi. The molecule has 0 aliphatic carbocycles. The van der Waals surface area contributed by atoms with Crippen LogP contribution >= 0.6 is 11.6 Å². The Hall–Kier alpha value is -0.383. The second-order valence-electron chi connectivity index (χ2n) is 6.74. The largest absolute Gasteiger partial charge is 0.408 e. The number of pyridine rings is 1. The highest BCUT2D eigenvalue weighted by atomic mass is 35.5. The zero-order valence-corrected chi connectivity index (χ0v) is 14.2. The van der Waals surface area contributed by atoms with E-state index in [9.17, 15) is 0 Å². The van der Waals surface area contributed by atoms with Crippen molar-refractivity contribution in [1.29, 1.82) is 0 Å². The smallest absolute Gasteiger partial charge is 0.193 e. The van der Waals surface area contributed by atoms with Crippen molar-refractivity contribution in [3.8, 4) is 0 Å². The first-order valence-corrected chi connectivity index (χ1v) is 9.56. The second-order valence-corrected chi connectivity index (χ2v) is 11.9. The number of hydrogen-bond donors (Lipinski definition) is 0. The van der Waals surface area contributed by atoms with Gasteiger partial charge in [0.2, 0.25) is 0 Å². The van der Waals surface area contributed by atoms with Gasteiger partial charge in [0, 0.05) is 6.20 Å². The van der Waals surface area contributed by atoms with Gasteiger partial charge < -0.3 is 4.43 Å². The summed E-state index contributed by atoms with van der Waals surface area (Å²) < 4.78 is 6.48. The number of hydrogen-bond acceptors (Lipinski definition) is 2. The van der Waals surface area contributed by atoms with Crippen molar-refractivity contribution in [3.63, 3.8) is 0 Å². The molecule has 0 bridgehead atoms. The molecule has 0 radical (unpaired) electrons. The minimum Gasteiger partial charge on any atom is -0.408 e. The highest BCUT2D eigenvalue weighted by Crippen LogP contribution is 2.41. The van der Waals surface area contributed by atoms with Gasteiger partial charge in [-0.15, -0.1) is 0 Å². The van der Waals surface area contributed by atoms with E-state index in [0.29, 0.717) is 5.15 Å². The van der Waals surface area contributed by atoms with Crippen LogP contribution in [0.3, 0.4) is 0 Å². The molecule has 0 amide bonds. The van der Waals surface area contributed by atoms with Crippen LogP contribution in [0.5, 0.6) is 0 Å². The lowest BCUT2D eigenvalue weighted by Gasteiger charge is -2.43. The second kappa shape index (κ2) is 4.95. The van der Waals surface area contributed by atoms with Gasteiger partial charge in [-0.2, -0.15) is 0 Å². The number of rotatable bonds is 3. The maximum Gasteiger partial charge on any atom is 0.193 e. The molecule has 0 N–H and O–H groups in total. The van der Waals surface area contributed by atoms with E-state index in [0.717, 1.165) is 5.56 Å². The molecule has 0 atom stereocenters. The Morgan fingerprint density at radius 1 is 1.17 bits per heavy atom. The van der Waals surface area contributed by atoms with Gasteiger partial charge >= 0.3 is 0 Å². The molecule has 0 spiro atoms. The van der Waals surface area contributed by atoms with E-state index >= 15 is 0 Å². The van der Waals surface area contributed by atoms with Gasteiger partial charge in [0.05, 0.1) is 5.60 Å². The van der Waals surface area contributed by atoms with Crippen LogP contribution < -0.4 is 0 Å². The maximum atomic E-state index is 6.48. The Balaban J connectivity index is 3.02. The van der Waals surface area contributed by atoms with Gasteiger partial charge in [0.15, 0.2) is 8.32 Å². The third-order valence-electron chi connectivity index (χ3n) is 3.74. The van der Waals surface area contributed by atoms with E-state index in [-0.39, 0.29) is 10.6 Å². The minimum atomic E-state index is -1.80. The first-order chi connectivity index (χ1) is 7.96. The quantitative estimate of drug-likeness (QED) is 0.576. The monoisotopic (exact) mass is 285 g/mol. The van der Waals surface area contributed by atoms with Crippen LogP contribution in [0.15, 0.2) is 18.3 Å². The molecule has 1 aromatic heterocycles. The van der Waals surface area contributed by atoms with Crippen molar-refractivity contribution in [1.82, 2.24) is 4.98 Å². The summed E-state index contributed by atoms with van der Waals surface area (Å²) in [4.78, 5) is 4.02. The van der Waals surface area contributed by atoms with Crippen molar-refractivity contribution in [2.24, 2.45) is 0 Å². The van der Waals surface area contributed by atoms with Crippen LogP contribution in [-0.2, 0) is 10.0 Å². The van der Waals surface area contributed by atoms with E-state index < -0.39 is 8.32 Å². The van der Waals surface area contributed by atoms with Crippen molar-refractivity contribution in [2.75, 3.05) is 0 Å². The first-order valence-electron chi connectivity index (χ1n) is 6.28. The number of halogens is 1. The Labute approximate surface area is 117 Å². The van der Waals surface area contributed by atoms with Gasteiger partial charge in [0.1, 0.15) is 5.15 Å². The number of aromatic nitrogens is 1. The van der Waals surface area contributed by atoms with Gasteiger partial charge in [-0.1, -0.05) is 32.4 Å². The normalized spacial score (nSPS) is 13.8. The van der Waals surface area contributed by atoms with Crippen molar-refractivity contribution in [3.05, 3.63) is 29.0 Å². The lowest BCUT2D eigenvalue weighted by atomic mass is 10.0. The van der Waals surface area contributed by atoms with Crippen molar-refractivity contribution >= 4 is 19.9 Å². The summed E-state index contributed by atoms with van der Waals surface area (Å²) in [7, 11) is -1.80. The molecule has 2 nitrogen and oxygen atoms in total. The zero-order valence-electron chi connectivity index (χ0n) is 12.5. The lowest BCUT2D eigenvalue weighted by molar-refractivity contribution is 0.0901. The molecule has 0 saturated carbocycles. The predicted octanol–water partition coefficient (Wildman–Crippen LogP) is 4.99. The van der Waals surface area contributed by atoms with Gasteiger partial charge in [-0.3, -0.25) is 0 Å². The van der Waals surface area contributed by atoms with Gasteiger partial charge in [0.25, 0.3) is 0 Å². The minimum absolute atomic E-state index is 0.196. The van der Waals surface area contributed by atoms with Crippen LogP contribution in [-0.4, -0.2) is 13.3 Å².